The first-order valence-corrected chi connectivity index (χ1v) is 3.87. The summed E-state index contributed by atoms with van der Waals surface area (Å²) in [6, 6.07) is 0. The maximum absolute atomic E-state index is 12.3. The molecule has 0 aliphatic carbocycles. The molecule has 1 heterocycles. The van der Waals surface area contributed by atoms with E-state index in [9.17, 15) is 13.2 Å². The molecule has 13 heavy (non-hydrogen) atoms. The summed E-state index contributed by atoms with van der Waals surface area (Å²) in [5.74, 6) is 0. The average molecular weight is 193 g/mol. The Kier molecular flexibility index (Phi) is 2.66. The fourth-order valence-corrected chi connectivity index (χ4v) is 1.29. The van der Waals surface area contributed by atoms with Crippen LogP contribution in [0.3, 0.4) is 0 Å². The van der Waals surface area contributed by atoms with Crippen LogP contribution >= 0.6 is 0 Å². The number of rotatable bonds is 2. The van der Waals surface area contributed by atoms with E-state index < -0.39 is 11.7 Å². The minimum absolute atomic E-state index is 0.148. The first kappa shape index (κ1) is 10.1. The number of aliphatic hydroxyl groups excluding tert-OH is 1. The maximum atomic E-state index is 12.3. The third-order valence-corrected chi connectivity index (χ3v) is 1.90. The third kappa shape index (κ3) is 1.85. The zero-order chi connectivity index (χ0) is 10.1. The highest BCUT2D eigenvalue weighted by Crippen LogP contribution is 2.33. The molecule has 0 fully saturated rings. The molecule has 0 unspecified atom stereocenters. The topological polar surface area (TPSA) is 36.0 Å². The smallest absolute Gasteiger partial charge is 0.390 e. The van der Waals surface area contributed by atoms with E-state index in [0.29, 0.717) is 0 Å². The Morgan fingerprint density at radius 1 is 1.46 bits per heavy atom. The van der Waals surface area contributed by atoms with Crippen LogP contribution < -0.4 is 0 Å². The molecule has 0 saturated heterocycles. The van der Waals surface area contributed by atoms with Crippen molar-refractivity contribution in [2.45, 2.75) is 26.1 Å². The Labute approximate surface area is 73.4 Å². The summed E-state index contributed by atoms with van der Waals surface area (Å²) in [5.41, 5.74) is -0.288. The molecule has 0 amide bonds. The number of aromatic nitrogens is 1. The van der Waals surface area contributed by atoms with Crippen molar-refractivity contribution in [3.63, 3.8) is 0 Å². The number of nitrogens with one attached hydrogen (secondary N) is 1. The van der Waals surface area contributed by atoms with Crippen molar-refractivity contribution in [3.05, 3.63) is 23.0 Å². The van der Waals surface area contributed by atoms with E-state index in [4.69, 9.17) is 5.11 Å². The van der Waals surface area contributed by atoms with Crippen LogP contribution in [0.25, 0.3) is 0 Å². The van der Waals surface area contributed by atoms with E-state index in [0.717, 1.165) is 6.20 Å². The van der Waals surface area contributed by atoms with E-state index in [2.05, 4.69) is 4.98 Å². The molecule has 1 aromatic rings. The zero-order valence-electron chi connectivity index (χ0n) is 7.07. The van der Waals surface area contributed by atoms with E-state index >= 15 is 0 Å². The molecule has 74 valence electrons. The number of alkyl halides is 3. The Bertz CT molecular complexity index is 290. The molecule has 5 heteroatoms. The lowest BCUT2D eigenvalue weighted by atomic mass is 10.1. The summed E-state index contributed by atoms with van der Waals surface area (Å²) in [4.78, 5) is 2.41. The fraction of sp³-hybridized carbons (Fsp3) is 0.500. The van der Waals surface area contributed by atoms with Crippen LogP contribution in [0.4, 0.5) is 13.2 Å². The molecule has 0 spiro atoms. The van der Waals surface area contributed by atoms with E-state index in [1.54, 1.807) is 6.92 Å². The number of halogens is 3. The van der Waals surface area contributed by atoms with E-state index in [1.165, 1.54) is 0 Å². The second-order valence-corrected chi connectivity index (χ2v) is 2.67. The van der Waals surface area contributed by atoms with Gasteiger partial charge in [-0.25, -0.2) is 0 Å². The Morgan fingerprint density at radius 3 is 2.46 bits per heavy atom. The average Bonchev–Trinajstić information content (AvgIpc) is 2.45. The van der Waals surface area contributed by atoms with Gasteiger partial charge < -0.3 is 10.1 Å². The minimum Gasteiger partial charge on any atom is -0.390 e. The van der Waals surface area contributed by atoms with Gasteiger partial charge in [0.15, 0.2) is 0 Å². The SMILES string of the molecule is CCc1c(C(F)(F)F)c[nH]c1CO. The van der Waals surface area contributed by atoms with Crippen LogP contribution in [-0.2, 0) is 19.2 Å². The first-order valence-electron chi connectivity index (χ1n) is 3.87. The second kappa shape index (κ2) is 3.41. The quantitative estimate of drug-likeness (QED) is 0.741. The van der Waals surface area contributed by atoms with Crippen molar-refractivity contribution in [1.82, 2.24) is 4.98 Å². The summed E-state index contributed by atoms with van der Waals surface area (Å²) < 4.78 is 36.9. The number of hydrogen-bond donors (Lipinski definition) is 2. The van der Waals surface area contributed by atoms with Crippen molar-refractivity contribution >= 4 is 0 Å². The molecule has 0 aliphatic heterocycles. The molecule has 0 radical (unpaired) electrons. The predicted molar refractivity (Wildman–Crippen MR) is 41.1 cm³/mol. The number of hydrogen-bond acceptors (Lipinski definition) is 1. The van der Waals surface area contributed by atoms with Crippen molar-refractivity contribution in [2.75, 3.05) is 0 Å². The fourth-order valence-electron chi connectivity index (χ4n) is 1.29. The summed E-state index contributed by atoms with van der Waals surface area (Å²) in [5, 5.41) is 8.73. The van der Waals surface area contributed by atoms with Crippen molar-refractivity contribution in [3.8, 4) is 0 Å². The van der Waals surface area contributed by atoms with Crippen LogP contribution in [0.5, 0.6) is 0 Å². The van der Waals surface area contributed by atoms with Crippen molar-refractivity contribution < 1.29 is 18.3 Å². The molecule has 2 N–H and O–H groups in total. The van der Waals surface area contributed by atoms with Crippen LogP contribution in [0.1, 0.15) is 23.7 Å². The van der Waals surface area contributed by atoms with Crippen LogP contribution in [0.15, 0.2) is 6.20 Å². The molecule has 0 bridgehead atoms. The van der Waals surface area contributed by atoms with Crippen molar-refractivity contribution in [2.24, 2.45) is 0 Å². The standard InChI is InChI=1S/C8H10F3NO/c1-2-5-6(8(9,10)11)3-12-7(5)4-13/h3,12-13H,2,4H2,1H3. The van der Waals surface area contributed by atoms with E-state index in [-0.39, 0.29) is 24.3 Å². The van der Waals surface area contributed by atoms with Crippen LogP contribution in [-0.4, -0.2) is 10.1 Å². The van der Waals surface area contributed by atoms with Gasteiger partial charge in [-0.15, -0.1) is 0 Å². The molecule has 0 aliphatic rings. The van der Waals surface area contributed by atoms with Crippen LogP contribution in [0.2, 0.25) is 0 Å². The number of aliphatic hydroxyl groups is 1. The van der Waals surface area contributed by atoms with Gasteiger partial charge in [-0.3, -0.25) is 0 Å². The third-order valence-electron chi connectivity index (χ3n) is 1.90. The lowest BCUT2D eigenvalue weighted by Crippen LogP contribution is -2.07. The van der Waals surface area contributed by atoms with Gasteiger partial charge in [-0.05, 0) is 12.0 Å². The lowest BCUT2D eigenvalue weighted by Gasteiger charge is -2.06. The maximum Gasteiger partial charge on any atom is 0.418 e. The molecule has 1 rings (SSSR count). The van der Waals surface area contributed by atoms with Crippen LogP contribution in [0, 0.1) is 0 Å². The molecule has 0 saturated carbocycles. The Morgan fingerprint density at radius 2 is 2.08 bits per heavy atom. The Balaban J connectivity index is 3.16. The highest BCUT2D eigenvalue weighted by molar-refractivity contribution is 5.32. The highest BCUT2D eigenvalue weighted by Gasteiger charge is 2.34. The molecular weight excluding hydrogens is 183 g/mol. The molecule has 0 aromatic carbocycles. The van der Waals surface area contributed by atoms with Gasteiger partial charge in [0.2, 0.25) is 0 Å². The first-order chi connectivity index (χ1) is 6.00. The minimum atomic E-state index is -4.34. The van der Waals surface area contributed by atoms with Gasteiger partial charge in [0.25, 0.3) is 0 Å². The molecule has 0 atom stereocenters. The summed E-state index contributed by atoms with van der Waals surface area (Å²) in [6.45, 7) is 1.23. The monoisotopic (exact) mass is 193 g/mol. The molecule has 2 nitrogen and oxygen atoms in total. The zero-order valence-corrected chi connectivity index (χ0v) is 7.07. The lowest BCUT2D eigenvalue weighted by molar-refractivity contribution is -0.138. The largest absolute Gasteiger partial charge is 0.418 e. The molecule has 1 aromatic heterocycles. The Hall–Kier alpha value is -0.970. The predicted octanol–water partition coefficient (Wildman–Crippen LogP) is 2.09. The normalized spacial score (nSPS) is 12.1. The van der Waals surface area contributed by atoms with Gasteiger partial charge in [0.05, 0.1) is 12.2 Å². The number of H-pyrrole nitrogens is 1. The number of aromatic amines is 1. The summed E-state index contributed by atoms with van der Waals surface area (Å²) >= 11 is 0. The van der Waals surface area contributed by atoms with E-state index in [1.807, 2.05) is 0 Å². The van der Waals surface area contributed by atoms with Gasteiger partial charge in [0.1, 0.15) is 0 Å². The van der Waals surface area contributed by atoms with Gasteiger partial charge in [0, 0.05) is 11.9 Å². The van der Waals surface area contributed by atoms with Gasteiger partial charge >= 0.3 is 6.18 Å². The highest BCUT2D eigenvalue weighted by atomic mass is 19.4. The molecular formula is C8H10F3NO. The summed E-state index contributed by atoms with van der Waals surface area (Å²) in [7, 11) is 0. The van der Waals surface area contributed by atoms with Crippen molar-refractivity contribution in [1.29, 1.82) is 0 Å². The van der Waals surface area contributed by atoms with Gasteiger partial charge in [-0.1, -0.05) is 6.92 Å². The summed E-state index contributed by atoms with van der Waals surface area (Å²) in [6.07, 6.45) is -3.19. The van der Waals surface area contributed by atoms with Gasteiger partial charge in [-0.2, -0.15) is 13.2 Å². The second-order valence-electron chi connectivity index (χ2n) is 2.67.